The topological polar surface area (TPSA) is 76.9 Å². The zero-order valence-electron chi connectivity index (χ0n) is 10.9. The van der Waals surface area contributed by atoms with Crippen molar-refractivity contribution in [3.8, 4) is 0 Å². The first-order valence-corrected chi connectivity index (χ1v) is 8.09. The highest BCUT2D eigenvalue weighted by molar-refractivity contribution is 7.91. The van der Waals surface area contributed by atoms with Gasteiger partial charge in [0.25, 0.3) is 0 Å². The summed E-state index contributed by atoms with van der Waals surface area (Å²) in [6, 6.07) is 0. The van der Waals surface area contributed by atoms with Gasteiger partial charge in [-0.3, -0.25) is 0 Å². The van der Waals surface area contributed by atoms with Gasteiger partial charge in [0.1, 0.15) is 12.2 Å². The van der Waals surface area contributed by atoms with Crippen LogP contribution in [0.1, 0.15) is 32.5 Å². The Kier molecular flexibility index (Phi) is 3.72. The van der Waals surface area contributed by atoms with E-state index in [1.807, 2.05) is 6.92 Å². The Labute approximate surface area is 108 Å². The minimum absolute atomic E-state index is 0.157. The van der Waals surface area contributed by atoms with Crippen molar-refractivity contribution < 1.29 is 8.42 Å². The molecule has 6 nitrogen and oxygen atoms in total. The maximum absolute atomic E-state index is 11.6. The highest BCUT2D eigenvalue weighted by atomic mass is 32.2. The van der Waals surface area contributed by atoms with Gasteiger partial charge in [-0.2, -0.15) is 5.10 Å². The molecule has 0 aliphatic carbocycles. The van der Waals surface area contributed by atoms with Crippen molar-refractivity contribution in [3.63, 3.8) is 0 Å². The maximum Gasteiger partial charge on any atom is 0.152 e. The number of sulfone groups is 1. The predicted molar refractivity (Wildman–Crippen MR) is 68.9 cm³/mol. The molecule has 102 valence electrons. The summed E-state index contributed by atoms with van der Waals surface area (Å²) in [6.07, 6.45) is 3.17. The number of nitrogens with zero attached hydrogens (tertiary/aromatic N) is 3. The minimum Gasteiger partial charge on any atom is -0.310 e. The number of aromatic nitrogens is 3. The van der Waals surface area contributed by atoms with Crippen LogP contribution in [0.25, 0.3) is 0 Å². The number of rotatable bonds is 5. The number of hydrogen-bond donors (Lipinski definition) is 1. The predicted octanol–water partition coefficient (Wildman–Crippen LogP) is 0.311. The third-order valence-electron chi connectivity index (χ3n) is 3.32. The Balaban J connectivity index is 2.16. The fourth-order valence-electron chi connectivity index (χ4n) is 2.37. The minimum atomic E-state index is -2.93. The summed E-state index contributed by atoms with van der Waals surface area (Å²) in [5, 5.41) is 7.48. The van der Waals surface area contributed by atoms with Crippen molar-refractivity contribution >= 4 is 9.84 Å². The van der Waals surface area contributed by atoms with E-state index in [-0.39, 0.29) is 11.5 Å². The summed E-state index contributed by atoms with van der Waals surface area (Å²) in [7, 11) is -2.93. The molecule has 1 unspecified atom stereocenters. The molecule has 0 aromatic carbocycles. The van der Waals surface area contributed by atoms with Crippen molar-refractivity contribution in [1.29, 1.82) is 0 Å². The third-order valence-corrected chi connectivity index (χ3v) is 5.21. The molecule has 18 heavy (non-hydrogen) atoms. The monoisotopic (exact) mass is 272 g/mol. The standard InChI is InChI=1S/C11H20N4O2S/c1-3-5-12-7-10-13-9-14-15(10)11(2)4-6-18(16,17)8-11/h9,12H,3-8H2,1-2H3. The van der Waals surface area contributed by atoms with Crippen LogP contribution in [0.4, 0.5) is 0 Å². The molecule has 2 heterocycles. The van der Waals surface area contributed by atoms with E-state index in [4.69, 9.17) is 0 Å². The summed E-state index contributed by atoms with van der Waals surface area (Å²) in [5.41, 5.74) is -0.446. The molecular formula is C11H20N4O2S. The average molecular weight is 272 g/mol. The Morgan fingerprint density at radius 3 is 2.94 bits per heavy atom. The average Bonchev–Trinajstić information content (AvgIpc) is 2.85. The van der Waals surface area contributed by atoms with Gasteiger partial charge < -0.3 is 5.32 Å². The van der Waals surface area contributed by atoms with Crippen LogP contribution < -0.4 is 5.32 Å². The normalized spacial score (nSPS) is 26.6. The van der Waals surface area contributed by atoms with Crippen LogP contribution in [-0.2, 0) is 21.9 Å². The van der Waals surface area contributed by atoms with Crippen molar-refractivity contribution in [2.75, 3.05) is 18.1 Å². The second kappa shape index (κ2) is 4.97. The van der Waals surface area contributed by atoms with Crippen molar-refractivity contribution in [1.82, 2.24) is 20.1 Å². The van der Waals surface area contributed by atoms with Crippen LogP contribution in [-0.4, -0.2) is 41.2 Å². The lowest BCUT2D eigenvalue weighted by Gasteiger charge is -2.24. The molecule has 1 saturated heterocycles. The molecule has 1 fully saturated rings. The van der Waals surface area contributed by atoms with Crippen molar-refractivity contribution in [2.24, 2.45) is 0 Å². The van der Waals surface area contributed by atoms with Crippen LogP contribution in [0.3, 0.4) is 0 Å². The summed E-state index contributed by atoms with van der Waals surface area (Å²) < 4.78 is 25.0. The van der Waals surface area contributed by atoms with E-state index < -0.39 is 15.4 Å². The van der Waals surface area contributed by atoms with Gasteiger partial charge in [-0.05, 0) is 26.3 Å². The molecule has 1 aliphatic rings. The molecule has 0 bridgehead atoms. The van der Waals surface area contributed by atoms with E-state index in [0.717, 1.165) is 18.8 Å². The molecular weight excluding hydrogens is 252 g/mol. The fourth-order valence-corrected chi connectivity index (χ4v) is 4.48. The molecule has 0 amide bonds. The molecule has 1 aromatic rings. The largest absolute Gasteiger partial charge is 0.310 e. The third kappa shape index (κ3) is 2.72. The fraction of sp³-hybridized carbons (Fsp3) is 0.818. The van der Waals surface area contributed by atoms with Crippen molar-refractivity contribution in [2.45, 2.75) is 38.8 Å². The van der Waals surface area contributed by atoms with Gasteiger partial charge in [-0.1, -0.05) is 6.92 Å². The van der Waals surface area contributed by atoms with E-state index in [1.165, 1.54) is 6.33 Å². The quantitative estimate of drug-likeness (QED) is 0.781. The van der Waals surface area contributed by atoms with Crippen LogP contribution in [0.5, 0.6) is 0 Å². The van der Waals surface area contributed by atoms with Gasteiger partial charge in [0, 0.05) is 0 Å². The lowest BCUT2D eigenvalue weighted by molar-refractivity contribution is 0.313. The first-order chi connectivity index (χ1) is 8.47. The lowest BCUT2D eigenvalue weighted by atomic mass is 10.0. The van der Waals surface area contributed by atoms with E-state index >= 15 is 0 Å². The SMILES string of the molecule is CCCNCc1ncnn1C1(C)CCS(=O)(=O)C1. The summed E-state index contributed by atoms with van der Waals surface area (Å²) >= 11 is 0. The van der Waals surface area contributed by atoms with Crippen LogP contribution in [0.2, 0.25) is 0 Å². The first kappa shape index (κ1) is 13.5. The summed E-state index contributed by atoms with van der Waals surface area (Å²) in [4.78, 5) is 4.22. The summed E-state index contributed by atoms with van der Waals surface area (Å²) in [6.45, 7) is 5.59. The number of hydrogen-bond acceptors (Lipinski definition) is 5. The van der Waals surface area contributed by atoms with Gasteiger partial charge in [0.2, 0.25) is 0 Å². The molecule has 2 rings (SSSR count). The van der Waals surface area contributed by atoms with E-state index in [2.05, 4.69) is 22.3 Å². The highest BCUT2D eigenvalue weighted by Gasteiger charge is 2.41. The van der Waals surface area contributed by atoms with Crippen molar-refractivity contribution in [3.05, 3.63) is 12.2 Å². The lowest BCUT2D eigenvalue weighted by Crippen LogP contribution is -2.35. The highest BCUT2D eigenvalue weighted by Crippen LogP contribution is 2.30. The molecule has 1 aliphatic heterocycles. The molecule has 1 aromatic heterocycles. The summed E-state index contributed by atoms with van der Waals surface area (Å²) in [5.74, 6) is 1.21. The van der Waals surface area contributed by atoms with E-state index in [9.17, 15) is 8.42 Å². The molecule has 1 N–H and O–H groups in total. The Morgan fingerprint density at radius 1 is 1.56 bits per heavy atom. The maximum atomic E-state index is 11.6. The zero-order chi connectivity index (χ0) is 13.2. The van der Waals surface area contributed by atoms with Gasteiger partial charge in [0.15, 0.2) is 9.84 Å². The first-order valence-electron chi connectivity index (χ1n) is 6.27. The van der Waals surface area contributed by atoms with Crippen LogP contribution >= 0.6 is 0 Å². The van der Waals surface area contributed by atoms with Gasteiger partial charge in [-0.15, -0.1) is 0 Å². The molecule has 1 atom stereocenters. The Hall–Kier alpha value is -0.950. The molecule has 0 radical (unpaired) electrons. The van der Waals surface area contributed by atoms with Crippen LogP contribution in [0, 0.1) is 0 Å². The number of nitrogens with one attached hydrogen (secondary N) is 1. The molecule has 0 spiro atoms. The van der Waals surface area contributed by atoms with Gasteiger partial charge in [0.05, 0.1) is 23.6 Å². The Morgan fingerprint density at radius 2 is 2.33 bits per heavy atom. The smallest absolute Gasteiger partial charge is 0.152 e. The van der Waals surface area contributed by atoms with Gasteiger partial charge >= 0.3 is 0 Å². The van der Waals surface area contributed by atoms with Gasteiger partial charge in [-0.25, -0.2) is 18.1 Å². The Bertz CT molecular complexity index is 511. The molecule has 7 heteroatoms. The van der Waals surface area contributed by atoms with E-state index in [1.54, 1.807) is 4.68 Å². The second-order valence-electron chi connectivity index (χ2n) is 5.10. The van der Waals surface area contributed by atoms with E-state index in [0.29, 0.717) is 13.0 Å². The molecule has 0 saturated carbocycles. The second-order valence-corrected chi connectivity index (χ2v) is 7.29. The zero-order valence-corrected chi connectivity index (χ0v) is 11.7. The van der Waals surface area contributed by atoms with Crippen LogP contribution in [0.15, 0.2) is 6.33 Å².